The molecule has 3 rings (SSSR count). The Morgan fingerprint density at radius 3 is 2.75 bits per heavy atom. The summed E-state index contributed by atoms with van der Waals surface area (Å²) >= 11 is 0. The molecule has 0 spiro atoms. The lowest BCUT2D eigenvalue weighted by Gasteiger charge is -2.27. The van der Waals surface area contributed by atoms with Gasteiger partial charge in [0.25, 0.3) is 0 Å². The number of fused-ring (bicyclic) bond motifs is 2. The van der Waals surface area contributed by atoms with Gasteiger partial charge in [0.15, 0.2) is 0 Å². The van der Waals surface area contributed by atoms with Crippen LogP contribution in [-0.2, 0) is 6.42 Å². The van der Waals surface area contributed by atoms with Crippen molar-refractivity contribution in [2.75, 3.05) is 0 Å². The SMILES string of the molecule is CC1CC2CC(Cc3ccccc3)C(C1)N2. The van der Waals surface area contributed by atoms with E-state index in [9.17, 15) is 0 Å². The molecule has 1 aromatic rings. The molecule has 2 bridgehead atoms. The van der Waals surface area contributed by atoms with Crippen LogP contribution in [0.1, 0.15) is 31.7 Å². The average Bonchev–Trinajstić information content (AvgIpc) is 2.55. The van der Waals surface area contributed by atoms with Gasteiger partial charge >= 0.3 is 0 Å². The standard InChI is InChI=1S/C15H21N/c1-11-7-14-10-13(15(8-11)16-14)9-12-5-3-2-4-6-12/h2-6,11,13-16H,7-10H2,1H3. The predicted octanol–water partition coefficient (Wildman–Crippen LogP) is 3.01. The van der Waals surface area contributed by atoms with Gasteiger partial charge in [0, 0.05) is 12.1 Å². The normalized spacial score (nSPS) is 37.6. The predicted molar refractivity (Wildman–Crippen MR) is 67.4 cm³/mol. The summed E-state index contributed by atoms with van der Waals surface area (Å²) in [5.41, 5.74) is 1.51. The van der Waals surface area contributed by atoms with Crippen molar-refractivity contribution in [2.24, 2.45) is 11.8 Å². The number of nitrogens with one attached hydrogen (secondary N) is 1. The molecule has 4 unspecified atom stereocenters. The number of hydrogen-bond acceptors (Lipinski definition) is 1. The Balaban J connectivity index is 1.69. The molecule has 1 heteroatoms. The second-order valence-electron chi connectivity index (χ2n) is 5.73. The molecule has 1 nitrogen and oxygen atoms in total. The maximum atomic E-state index is 3.79. The van der Waals surface area contributed by atoms with Crippen molar-refractivity contribution < 1.29 is 0 Å². The first-order valence-electron chi connectivity index (χ1n) is 6.61. The summed E-state index contributed by atoms with van der Waals surface area (Å²) in [5.74, 6) is 1.80. The number of benzene rings is 1. The zero-order valence-electron chi connectivity index (χ0n) is 10.0. The summed E-state index contributed by atoms with van der Waals surface area (Å²) in [4.78, 5) is 0. The van der Waals surface area contributed by atoms with Crippen molar-refractivity contribution in [3.8, 4) is 0 Å². The van der Waals surface area contributed by atoms with E-state index in [1.807, 2.05) is 0 Å². The highest BCUT2D eigenvalue weighted by Gasteiger charge is 2.38. The summed E-state index contributed by atoms with van der Waals surface area (Å²) in [6.07, 6.45) is 5.43. The van der Waals surface area contributed by atoms with E-state index in [0.717, 1.165) is 23.9 Å². The fourth-order valence-corrected chi connectivity index (χ4v) is 3.62. The van der Waals surface area contributed by atoms with E-state index < -0.39 is 0 Å². The second kappa shape index (κ2) is 4.21. The number of piperidine rings is 1. The Morgan fingerprint density at radius 2 is 1.94 bits per heavy atom. The lowest BCUT2D eigenvalue weighted by Crippen LogP contribution is -2.39. The van der Waals surface area contributed by atoms with Gasteiger partial charge in [-0.25, -0.2) is 0 Å². The summed E-state index contributed by atoms with van der Waals surface area (Å²) in [7, 11) is 0. The van der Waals surface area contributed by atoms with Crippen LogP contribution < -0.4 is 5.32 Å². The molecule has 0 amide bonds. The summed E-state index contributed by atoms with van der Waals surface area (Å²) in [6, 6.07) is 12.6. The first-order chi connectivity index (χ1) is 7.81. The molecule has 1 N–H and O–H groups in total. The maximum absolute atomic E-state index is 3.79. The van der Waals surface area contributed by atoms with Crippen molar-refractivity contribution >= 4 is 0 Å². The van der Waals surface area contributed by atoms with E-state index in [4.69, 9.17) is 0 Å². The van der Waals surface area contributed by atoms with Gasteiger partial charge in [-0.15, -0.1) is 0 Å². The molecule has 2 aliphatic heterocycles. The highest BCUT2D eigenvalue weighted by molar-refractivity contribution is 5.16. The molecule has 1 aromatic carbocycles. The van der Waals surface area contributed by atoms with Crippen molar-refractivity contribution in [2.45, 2.75) is 44.7 Å². The number of hydrogen-bond donors (Lipinski definition) is 1. The van der Waals surface area contributed by atoms with Crippen LogP contribution in [0.2, 0.25) is 0 Å². The van der Waals surface area contributed by atoms with Gasteiger partial charge in [0.05, 0.1) is 0 Å². The van der Waals surface area contributed by atoms with E-state index in [1.54, 1.807) is 0 Å². The molecule has 4 atom stereocenters. The lowest BCUT2D eigenvalue weighted by molar-refractivity contribution is 0.301. The van der Waals surface area contributed by atoms with E-state index in [2.05, 4.69) is 42.6 Å². The van der Waals surface area contributed by atoms with Crippen LogP contribution in [0.25, 0.3) is 0 Å². The zero-order chi connectivity index (χ0) is 11.0. The molecular formula is C15H21N. The molecule has 2 heterocycles. The third-order valence-electron chi connectivity index (χ3n) is 4.29. The van der Waals surface area contributed by atoms with Crippen molar-refractivity contribution in [1.29, 1.82) is 0 Å². The fraction of sp³-hybridized carbons (Fsp3) is 0.600. The van der Waals surface area contributed by atoms with E-state index >= 15 is 0 Å². The molecule has 0 aromatic heterocycles. The van der Waals surface area contributed by atoms with Crippen LogP contribution in [0.3, 0.4) is 0 Å². The largest absolute Gasteiger partial charge is 0.311 e. The Bertz CT molecular complexity index is 346. The quantitative estimate of drug-likeness (QED) is 0.799. The zero-order valence-corrected chi connectivity index (χ0v) is 10.0. The van der Waals surface area contributed by atoms with Crippen LogP contribution in [0, 0.1) is 11.8 Å². The lowest BCUT2D eigenvalue weighted by atomic mass is 9.89. The van der Waals surface area contributed by atoms with Gasteiger partial charge in [-0.1, -0.05) is 37.3 Å². The third-order valence-corrected chi connectivity index (χ3v) is 4.29. The van der Waals surface area contributed by atoms with Crippen molar-refractivity contribution in [3.05, 3.63) is 35.9 Å². The first-order valence-corrected chi connectivity index (χ1v) is 6.61. The first kappa shape index (κ1) is 10.3. The summed E-state index contributed by atoms with van der Waals surface area (Å²) < 4.78 is 0. The Hall–Kier alpha value is -0.820. The van der Waals surface area contributed by atoms with Gasteiger partial charge < -0.3 is 5.32 Å². The van der Waals surface area contributed by atoms with E-state index in [0.29, 0.717) is 0 Å². The maximum Gasteiger partial charge on any atom is 0.0104 e. The highest BCUT2D eigenvalue weighted by atomic mass is 15.0. The molecule has 86 valence electrons. The monoisotopic (exact) mass is 215 g/mol. The minimum Gasteiger partial charge on any atom is -0.311 e. The molecular weight excluding hydrogens is 194 g/mol. The van der Waals surface area contributed by atoms with Gasteiger partial charge in [-0.3, -0.25) is 0 Å². The molecule has 16 heavy (non-hydrogen) atoms. The third kappa shape index (κ3) is 2.01. The van der Waals surface area contributed by atoms with Crippen molar-refractivity contribution in [1.82, 2.24) is 5.32 Å². The average molecular weight is 215 g/mol. The highest BCUT2D eigenvalue weighted by Crippen LogP contribution is 2.36. The molecule has 2 saturated heterocycles. The van der Waals surface area contributed by atoms with Gasteiger partial charge in [0.1, 0.15) is 0 Å². The Labute approximate surface area is 98.3 Å². The van der Waals surface area contributed by atoms with E-state index in [-0.39, 0.29) is 0 Å². The molecule has 0 radical (unpaired) electrons. The van der Waals surface area contributed by atoms with Crippen LogP contribution in [0.5, 0.6) is 0 Å². The molecule has 0 saturated carbocycles. The van der Waals surface area contributed by atoms with Crippen LogP contribution in [0.4, 0.5) is 0 Å². The van der Waals surface area contributed by atoms with Crippen molar-refractivity contribution in [3.63, 3.8) is 0 Å². The van der Waals surface area contributed by atoms with Crippen LogP contribution in [-0.4, -0.2) is 12.1 Å². The molecule has 2 fully saturated rings. The summed E-state index contributed by atoms with van der Waals surface area (Å²) in [5, 5.41) is 3.79. The minimum absolute atomic E-state index is 0.786. The van der Waals surface area contributed by atoms with E-state index in [1.165, 1.54) is 31.2 Å². The molecule has 2 aliphatic rings. The summed E-state index contributed by atoms with van der Waals surface area (Å²) in [6.45, 7) is 2.41. The Kier molecular flexibility index (Phi) is 2.72. The minimum atomic E-state index is 0.786. The topological polar surface area (TPSA) is 12.0 Å². The smallest absolute Gasteiger partial charge is 0.0104 e. The second-order valence-corrected chi connectivity index (χ2v) is 5.73. The van der Waals surface area contributed by atoms with Crippen LogP contribution >= 0.6 is 0 Å². The Morgan fingerprint density at radius 1 is 1.12 bits per heavy atom. The van der Waals surface area contributed by atoms with Gasteiger partial charge in [-0.2, -0.15) is 0 Å². The molecule has 0 aliphatic carbocycles. The number of rotatable bonds is 2. The van der Waals surface area contributed by atoms with Crippen LogP contribution in [0.15, 0.2) is 30.3 Å². The fourth-order valence-electron chi connectivity index (χ4n) is 3.62. The van der Waals surface area contributed by atoms with Gasteiger partial charge in [-0.05, 0) is 43.1 Å². The van der Waals surface area contributed by atoms with Gasteiger partial charge in [0.2, 0.25) is 0 Å².